The van der Waals surface area contributed by atoms with Gasteiger partial charge in [-0.25, -0.2) is 17.9 Å². The summed E-state index contributed by atoms with van der Waals surface area (Å²) < 4.78 is 54.4. The number of halogens is 3. The molecule has 2 aromatic heterocycles. The van der Waals surface area contributed by atoms with Crippen LogP contribution in [-0.4, -0.2) is 31.7 Å². The van der Waals surface area contributed by atoms with Crippen molar-refractivity contribution in [2.24, 2.45) is 0 Å². The maximum atomic E-state index is 14.4. The molecule has 0 saturated carbocycles. The van der Waals surface area contributed by atoms with Crippen LogP contribution in [0.15, 0.2) is 47.0 Å². The first-order valence-electron chi connectivity index (χ1n) is 9.23. The minimum atomic E-state index is -0.696. The average molecular weight is 413 g/mol. The van der Waals surface area contributed by atoms with Crippen molar-refractivity contribution in [2.75, 3.05) is 6.61 Å². The van der Waals surface area contributed by atoms with Crippen LogP contribution in [0.1, 0.15) is 24.6 Å². The second kappa shape index (κ2) is 7.38. The molecule has 0 aliphatic carbocycles. The smallest absolute Gasteiger partial charge is 0.280 e. The van der Waals surface area contributed by atoms with Gasteiger partial charge in [0.15, 0.2) is 5.69 Å². The normalized spacial score (nSPS) is 16.3. The molecule has 0 radical (unpaired) electrons. The van der Waals surface area contributed by atoms with E-state index in [0.717, 1.165) is 24.6 Å². The van der Waals surface area contributed by atoms with Gasteiger partial charge < -0.3 is 9.26 Å². The van der Waals surface area contributed by atoms with E-state index in [2.05, 4.69) is 20.5 Å². The summed E-state index contributed by atoms with van der Waals surface area (Å²) in [5.41, 5.74) is 0.691. The largest absolute Gasteiger partial charge is 0.372 e. The van der Waals surface area contributed by atoms with Crippen molar-refractivity contribution in [1.82, 2.24) is 25.1 Å². The molecule has 0 N–H and O–H groups in total. The summed E-state index contributed by atoms with van der Waals surface area (Å²) in [7, 11) is 0. The maximum absolute atomic E-state index is 14.4. The van der Waals surface area contributed by atoms with Gasteiger partial charge in [0.2, 0.25) is 5.82 Å². The van der Waals surface area contributed by atoms with Crippen molar-refractivity contribution in [3.05, 3.63) is 65.6 Å². The molecule has 0 bridgehead atoms. The van der Waals surface area contributed by atoms with Crippen molar-refractivity contribution < 1.29 is 22.4 Å². The summed E-state index contributed by atoms with van der Waals surface area (Å²) in [6, 6.07) is 9.07. The third-order valence-electron chi connectivity index (χ3n) is 4.82. The second-order valence-electron chi connectivity index (χ2n) is 6.74. The Morgan fingerprint density at radius 2 is 1.90 bits per heavy atom. The van der Waals surface area contributed by atoms with E-state index in [9.17, 15) is 13.2 Å². The van der Waals surface area contributed by atoms with Crippen LogP contribution in [0.4, 0.5) is 13.2 Å². The summed E-state index contributed by atoms with van der Waals surface area (Å²) >= 11 is 0. The number of hydrogen-bond acceptors (Lipinski definition) is 6. The number of benzene rings is 2. The molecule has 2 aromatic carbocycles. The monoisotopic (exact) mass is 413 g/mol. The molecular formula is C20H14F3N5O2. The van der Waals surface area contributed by atoms with Crippen LogP contribution in [0.25, 0.3) is 28.7 Å². The number of ether oxygens (including phenoxy) is 1. The highest BCUT2D eigenvalue weighted by Crippen LogP contribution is 2.36. The summed E-state index contributed by atoms with van der Waals surface area (Å²) in [5, 5.41) is 11.9. The highest BCUT2D eigenvalue weighted by molar-refractivity contribution is 5.60. The molecule has 1 saturated heterocycles. The highest BCUT2D eigenvalue weighted by atomic mass is 19.1. The molecule has 0 amide bonds. The molecule has 3 heterocycles. The van der Waals surface area contributed by atoms with E-state index in [-0.39, 0.29) is 28.7 Å². The molecule has 1 fully saturated rings. The van der Waals surface area contributed by atoms with Crippen LogP contribution in [0.2, 0.25) is 0 Å². The number of aromatic nitrogens is 5. The quantitative estimate of drug-likeness (QED) is 0.498. The molecule has 10 heteroatoms. The van der Waals surface area contributed by atoms with Gasteiger partial charge in [-0.05, 0) is 43.2 Å². The van der Waals surface area contributed by atoms with Gasteiger partial charge in [0.25, 0.3) is 5.89 Å². The van der Waals surface area contributed by atoms with Crippen LogP contribution in [0, 0.1) is 17.5 Å². The van der Waals surface area contributed by atoms with Gasteiger partial charge in [-0.3, -0.25) is 0 Å². The Balaban J connectivity index is 1.63. The minimum Gasteiger partial charge on any atom is -0.372 e. The van der Waals surface area contributed by atoms with E-state index in [1.165, 1.54) is 10.7 Å². The lowest BCUT2D eigenvalue weighted by molar-refractivity contribution is 0.107. The number of rotatable bonds is 4. The number of para-hydroxylation sites is 1. The lowest BCUT2D eigenvalue weighted by Crippen LogP contribution is -2.09. The van der Waals surface area contributed by atoms with Crippen LogP contribution in [0.5, 0.6) is 0 Å². The highest BCUT2D eigenvalue weighted by Gasteiger charge is 2.31. The van der Waals surface area contributed by atoms with Crippen molar-refractivity contribution in [2.45, 2.75) is 18.9 Å². The first-order valence-corrected chi connectivity index (χ1v) is 9.23. The molecule has 7 nitrogen and oxygen atoms in total. The van der Waals surface area contributed by atoms with Gasteiger partial charge >= 0.3 is 0 Å². The van der Waals surface area contributed by atoms with E-state index in [1.54, 1.807) is 18.2 Å². The van der Waals surface area contributed by atoms with Gasteiger partial charge in [-0.1, -0.05) is 22.5 Å². The summed E-state index contributed by atoms with van der Waals surface area (Å²) in [6.45, 7) is 0.538. The average Bonchev–Trinajstić information content (AvgIpc) is 3.49. The van der Waals surface area contributed by atoms with E-state index < -0.39 is 23.6 Å². The first kappa shape index (κ1) is 18.5. The van der Waals surface area contributed by atoms with Gasteiger partial charge in [-0.15, -0.1) is 5.10 Å². The van der Waals surface area contributed by atoms with Gasteiger partial charge in [0.1, 0.15) is 34.9 Å². The van der Waals surface area contributed by atoms with Crippen LogP contribution in [0.3, 0.4) is 0 Å². The fourth-order valence-corrected chi connectivity index (χ4v) is 3.42. The molecule has 4 aromatic rings. The third kappa shape index (κ3) is 3.14. The lowest BCUT2D eigenvalue weighted by atomic mass is 10.1. The Hall–Kier alpha value is -3.53. The molecule has 5 rings (SSSR count). The summed E-state index contributed by atoms with van der Waals surface area (Å²) in [6.07, 6.45) is 1.08. The lowest BCUT2D eigenvalue weighted by Gasteiger charge is -2.13. The number of hydrogen-bond donors (Lipinski definition) is 0. The Kier molecular flexibility index (Phi) is 4.55. The SMILES string of the molecule is Fc1ccc(F)c(-c2noc(-c3nnn(-c4ccccc4F)c3C3CCCO3)n2)c1. The Morgan fingerprint density at radius 3 is 2.70 bits per heavy atom. The van der Waals surface area contributed by atoms with Crippen molar-refractivity contribution in [3.63, 3.8) is 0 Å². The molecule has 30 heavy (non-hydrogen) atoms. The van der Waals surface area contributed by atoms with E-state index in [0.29, 0.717) is 18.7 Å². The van der Waals surface area contributed by atoms with Crippen molar-refractivity contribution >= 4 is 0 Å². The Morgan fingerprint density at radius 1 is 1.03 bits per heavy atom. The van der Waals surface area contributed by atoms with Crippen molar-refractivity contribution in [1.29, 1.82) is 0 Å². The molecule has 1 unspecified atom stereocenters. The zero-order valence-corrected chi connectivity index (χ0v) is 15.4. The molecular weight excluding hydrogens is 399 g/mol. The minimum absolute atomic E-state index is 0.0539. The molecule has 1 aliphatic rings. The maximum Gasteiger partial charge on any atom is 0.280 e. The van der Waals surface area contributed by atoms with E-state index >= 15 is 0 Å². The predicted molar refractivity (Wildman–Crippen MR) is 97.9 cm³/mol. The van der Waals surface area contributed by atoms with Crippen molar-refractivity contribution in [3.8, 4) is 28.7 Å². The number of nitrogens with zero attached hydrogens (tertiary/aromatic N) is 5. The van der Waals surface area contributed by atoms with Gasteiger partial charge in [-0.2, -0.15) is 4.98 Å². The fourth-order valence-electron chi connectivity index (χ4n) is 3.42. The standard InChI is InChI=1S/C20H14F3N5O2/c21-11-7-8-13(22)12(10-11)19-24-20(30-26-19)17-18(16-6-3-9-29-16)28(27-25-17)15-5-2-1-4-14(15)23/h1-2,4-5,7-8,10,16H,3,6,9H2. The molecule has 1 atom stereocenters. The van der Waals surface area contributed by atoms with Gasteiger partial charge in [0, 0.05) is 6.61 Å². The van der Waals surface area contributed by atoms with Crippen LogP contribution in [-0.2, 0) is 4.74 Å². The Bertz CT molecular complexity index is 1220. The van der Waals surface area contributed by atoms with Gasteiger partial charge in [0.05, 0.1) is 5.56 Å². The summed E-state index contributed by atoms with van der Waals surface area (Å²) in [5.74, 6) is -2.01. The summed E-state index contributed by atoms with van der Waals surface area (Å²) in [4.78, 5) is 4.16. The zero-order chi connectivity index (χ0) is 20.7. The fraction of sp³-hybridized carbons (Fsp3) is 0.200. The molecule has 1 aliphatic heterocycles. The van der Waals surface area contributed by atoms with Crippen LogP contribution >= 0.6 is 0 Å². The second-order valence-corrected chi connectivity index (χ2v) is 6.74. The van der Waals surface area contributed by atoms with Crippen LogP contribution < -0.4 is 0 Å². The van der Waals surface area contributed by atoms with E-state index in [1.807, 2.05) is 0 Å². The topological polar surface area (TPSA) is 78.9 Å². The zero-order valence-electron chi connectivity index (χ0n) is 15.4. The van der Waals surface area contributed by atoms with E-state index in [4.69, 9.17) is 9.26 Å². The Labute approximate surface area is 168 Å². The first-order chi connectivity index (χ1) is 14.6. The molecule has 0 spiro atoms. The predicted octanol–water partition coefficient (Wildman–Crippen LogP) is 4.25. The third-order valence-corrected chi connectivity index (χ3v) is 4.82. The molecule has 152 valence electrons.